The number of aliphatic hydroxyl groups excluding tert-OH is 1. The Labute approximate surface area is 118 Å². The van der Waals surface area contributed by atoms with Crippen LogP contribution in [0.2, 0.25) is 0 Å². The molecule has 1 aliphatic heterocycles. The molecule has 2 aliphatic rings. The third-order valence-electron chi connectivity index (χ3n) is 4.92. The first-order valence-electron chi connectivity index (χ1n) is 8.25. The van der Waals surface area contributed by atoms with Crippen molar-refractivity contribution in [3.63, 3.8) is 0 Å². The van der Waals surface area contributed by atoms with E-state index in [2.05, 4.69) is 24.1 Å². The number of hydrogen-bond donors (Lipinski definition) is 2. The average Bonchev–Trinajstić information content (AvgIpc) is 2.75. The Balaban J connectivity index is 1.92. The second kappa shape index (κ2) is 7.05. The van der Waals surface area contributed by atoms with Gasteiger partial charge in [-0.15, -0.1) is 0 Å². The monoisotopic (exact) mass is 268 g/mol. The fraction of sp³-hybridized carbons (Fsp3) is 1.00. The third-order valence-corrected chi connectivity index (χ3v) is 4.92. The van der Waals surface area contributed by atoms with E-state index in [0.717, 1.165) is 38.5 Å². The molecule has 0 spiro atoms. The first-order chi connectivity index (χ1) is 9.13. The first-order valence-corrected chi connectivity index (χ1v) is 8.25. The van der Waals surface area contributed by atoms with E-state index in [9.17, 15) is 5.11 Å². The van der Waals surface area contributed by atoms with Crippen molar-refractivity contribution in [1.29, 1.82) is 0 Å². The van der Waals surface area contributed by atoms with Crippen molar-refractivity contribution >= 4 is 0 Å². The summed E-state index contributed by atoms with van der Waals surface area (Å²) in [5, 5.41) is 13.4. The van der Waals surface area contributed by atoms with Gasteiger partial charge in [0.2, 0.25) is 0 Å². The Bertz CT molecular complexity index is 271. The number of aliphatic hydroxyl groups is 1. The van der Waals surface area contributed by atoms with E-state index in [1.54, 1.807) is 0 Å². The second-order valence-electron chi connectivity index (χ2n) is 7.06. The highest BCUT2D eigenvalue weighted by atomic mass is 16.3. The van der Waals surface area contributed by atoms with Crippen molar-refractivity contribution in [2.45, 2.75) is 58.5 Å². The molecular formula is C16H32N2O. The van der Waals surface area contributed by atoms with Crippen molar-refractivity contribution in [3.8, 4) is 0 Å². The van der Waals surface area contributed by atoms with Crippen molar-refractivity contribution in [1.82, 2.24) is 10.2 Å². The Morgan fingerprint density at radius 3 is 2.84 bits per heavy atom. The van der Waals surface area contributed by atoms with E-state index in [0.29, 0.717) is 5.41 Å². The van der Waals surface area contributed by atoms with Crippen molar-refractivity contribution in [2.24, 2.45) is 11.3 Å². The highest BCUT2D eigenvalue weighted by Gasteiger charge is 2.37. The highest BCUT2D eigenvalue weighted by Crippen LogP contribution is 2.40. The molecule has 0 aromatic carbocycles. The maximum absolute atomic E-state index is 9.72. The summed E-state index contributed by atoms with van der Waals surface area (Å²) in [5.41, 5.74) is 0.455. The molecule has 2 fully saturated rings. The fourth-order valence-electron chi connectivity index (χ4n) is 4.09. The van der Waals surface area contributed by atoms with Gasteiger partial charge in [-0.05, 0) is 43.6 Å². The molecule has 1 saturated heterocycles. The minimum atomic E-state index is -0.0818. The summed E-state index contributed by atoms with van der Waals surface area (Å²) < 4.78 is 0. The molecule has 1 aliphatic carbocycles. The molecule has 19 heavy (non-hydrogen) atoms. The van der Waals surface area contributed by atoms with E-state index in [1.165, 1.54) is 38.6 Å². The van der Waals surface area contributed by atoms with Gasteiger partial charge in [-0.2, -0.15) is 0 Å². The lowest BCUT2D eigenvalue weighted by Gasteiger charge is -2.43. The molecule has 0 aromatic heterocycles. The molecule has 3 unspecified atom stereocenters. The van der Waals surface area contributed by atoms with Gasteiger partial charge in [0, 0.05) is 26.2 Å². The topological polar surface area (TPSA) is 35.5 Å². The molecular weight excluding hydrogens is 236 g/mol. The number of likely N-dealkylation sites (tertiary alicyclic amines) is 1. The molecule has 3 atom stereocenters. The predicted molar refractivity (Wildman–Crippen MR) is 80.3 cm³/mol. The van der Waals surface area contributed by atoms with Crippen LogP contribution in [0, 0.1) is 11.3 Å². The molecule has 112 valence electrons. The Morgan fingerprint density at radius 1 is 1.37 bits per heavy atom. The molecule has 1 heterocycles. The lowest BCUT2D eigenvalue weighted by molar-refractivity contribution is 0.0829. The summed E-state index contributed by atoms with van der Waals surface area (Å²) >= 11 is 0. The quantitative estimate of drug-likeness (QED) is 0.725. The van der Waals surface area contributed by atoms with Gasteiger partial charge in [-0.3, -0.25) is 0 Å². The van der Waals surface area contributed by atoms with Gasteiger partial charge in [-0.1, -0.05) is 26.7 Å². The van der Waals surface area contributed by atoms with Crippen LogP contribution in [0.5, 0.6) is 0 Å². The molecule has 3 heteroatoms. The van der Waals surface area contributed by atoms with Crippen molar-refractivity contribution in [3.05, 3.63) is 0 Å². The van der Waals surface area contributed by atoms with Gasteiger partial charge >= 0.3 is 0 Å². The lowest BCUT2D eigenvalue weighted by atomic mass is 9.69. The number of nitrogens with zero attached hydrogens (tertiary/aromatic N) is 1. The van der Waals surface area contributed by atoms with Crippen LogP contribution in [0.25, 0.3) is 0 Å². The van der Waals surface area contributed by atoms with Gasteiger partial charge in [0.25, 0.3) is 0 Å². The van der Waals surface area contributed by atoms with Gasteiger partial charge in [0.05, 0.1) is 6.10 Å². The van der Waals surface area contributed by atoms with Gasteiger partial charge in [0.1, 0.15) is 0 Å². The minimum absolute atomic E-state index is 0.0818. The molecule has 2 rings (SSSR count). The summed E-state index contributed by atoms with van der Waals surface area (Å²) in [7, 11) is 0. The van der Waals surface area contributed by atoms with E-state index in [1.807, 2.05) is 0 Å². The van der Waals surface area contributed by atoms with Crippen LogP contribution in [-0.4, -0.2) is 48.8 Å². The lowest BCUT2D eigenvalue weighted by Crippen LogP contribution is -2.46. The molecule has 0 radical (unpaired) electrons. The average molecular weight is 268 g/mol. The molecule has 0 bridgehead atoms. The number of hydrogen-bond acceptors (Lipinski definition) is 3. The SMILES string of the molecule is CCCNCC1(CN2CCC(O)C2)CCCC(C)C1. The molecule has 1 saturated carbocycles. The number of β-amino-alcohol motifs (C(OH)–C–C–N with tert-alkyl or cyclic N) is 1. The van der Waals surface area contributed by atoms with E-state index in [4.69, 9.17) is 0 Å². The predicted octanol–water partition coefficient (Wildman–Crippen LogP) is 2.25. The van der Waals surface area contributed by atoms with Gasteiger partial charge in [-0.25, -0.2) is 0 Å². The normalized spacial score (nSPS) is 36.8. The van der Waals surface area contributed by atoms with Crippen LogP contribution in [0.1, 0.15) is 52.4 Å². The molecule has 0 aromatic rings. The van der Waals surface area contributed by atoms with E-state index < -0.39 is 0 Å². The molecule has 2 N–H and O–H groups in total. The van der Waals surface area contributed by atoms with Crippen molar-refractivity contribution in [2.75, 3.05) is 32.7 Å². The van der Waals surface area contributed by atoms with E-state index in [-0.39, 0.29) is 6.10 Å². The van der Waals surface area contributed by atoms with Crippen molar-refractivity contribution < 1.29 is 5.11 Å². The fourth-order valence-corrected chi connectivity index (χ4v) is 4.09. The first kappa shape index (κ1) is 15.3. The molecule has 0 amide bonds. The Kier molecular flexibility index (Phi) is 5.67. The largest absolute Gasteiger partial charge is 0.392 e. The number of nitrogens with one attached hydrogen (secondary N) is 1. The van der Waals surface area contributed by atoms with E-state index >= 15 is 0 Å². The summed E-state index contributed by atoms with van der Waals surface area (Å²) in [6.45, 7) is 10.1. The van der Waals surface area contributed by atoms with Crippen LogP contribution < -0.4 is 5.32 Å². The van der Waals surface area contributed by atoms with Crippen LogP contribution >= 0.6 is 0 Å². The van der Waals surface area contributed by atoms with Gasteiger partial charge < -0.3 is 15.3 Å². The van der Waals surface area contributed by atoms with Crippen LogP contribution in [0.4, 0.5) is 0 Å². The summed E-state index contributed by atoms with van der Waals surface area (Å²) in [6.07, 6.45) is 7.60. The summed E-state index contributed by atoms with van der Waals surface area (Å²) in [5.74, 6) is 0.865. The number of rotatable bonds is 6. The Morgan fingerprint density at radius 2 is 2.21 bits per heavy atom. The maximum atomic E-state index is 9.72. The van der Waals surface area contributed by atoms with Gasteiger partial charge in [0.15, 0.2) is 0 Å². The van der Waals surface area contributed by atoms with Crippen LogP contribution in [-0.2, 0) is 0 Å². The second-order valence-corrected chi connectivity index (χ2v) is 7.06. The minimum Gasteiger partial charge on any atom is -0.392 e. The standard InChI is InChI=1S/C16H32N2O/c1-3-8-17-12-16(7-4-5-14(2)10-16)13-18-9-6-15(19)11-18/h14-15,17,19H,3-13H2,1-2H3. The smallest absolute Gasteiger partial charge is 0.0679 e. The third kappa shape index (κ3) is 4.44. The zero-order valence-corrected chi connectivity index (χ0v) is 12.8. The van der Waals surface area contributed by atoms with Crippen LogP contribution in [0.3, 0.4) is 0 Å². The zero-order chi connectivity index (χ0) is 13.7. The maximum Gasteiger partial charge on any atom is 0.0679 e. The van der Waals surface area contributed by atoms with Crippen LogP contribution in [0.15, 0.2) is 0 Å². The highest BCUT2D eigenvalue weighted by molar-refractivity contribution is 4.91. The summed E-state index contributed by atoms with van der Waals surface area (Å²) in [4.78, 5) is 2.50. The molecule has 3 nitrogen and oxygen atoms in total. The Hall–Kier alpha value is -0.120. The summed E-state index contributed by atoms with van der Waals surface area (Å²) in [6, 6.07) is 0. The zero-order valence-electron chi connectivity index (χ0n) is 12.8.